The van der Waals surface area contributed by atoms with Gasteiger partial charge in [-0.2, -0.15) is 0 Å². The van der Waals surface area contributed by atoms with E-state index in [1.165, 1.54) is 12.8 Å². The molecule has 0 unspecified atom stereocenters. The first-order chi connectivity index (χ1) is 7.36. The molecule has 0 spiro atoms. The molecule has 0 aromatic carbocycles. The lowest BCUT2D eigenvalue weighted by molar-refractivity contribution is 0.134. The number of aromatic nitrogens is 1. The number of anilines is 2. The van der Waals surface area contributed by atoms with Crippen molar-refractivity contribution in [2.45, 2.75) is 12.8 Å². The standard InChI is InChI=1S/C11H17N3O/c12-10-7-13-4-3-11(10)14-5-6-15-8-9-1-2-9/h3-4,7,9H,1-2,5-6,8,12H2,(H,13,14). The first kappa shape index (κ1) is 10.2. The van der Waals surface area contributed by atoms with Gasteiger partial charge in [0.25, 0.3) is 0 Å². The maximum atomic E-state index is 5.73. The number of ether oxygens (including phenoxy) is 1. The van der Waals surface area contributed by atoms with Crippen molar-refractivity contribution in [3.63, 3.8) is 0 Å². The molecule has 0 bridgehead atoms. The number of hydrogen-bond donors (Lipinski definition) is 2. The zero-order valence-corrected chi connectivity index (χ0v) is 8.78. The van der Waals surface area contributed by atoms with Gasteiger partial charge in [0.2, 0.25) is 0 Å². The van der Waals surface area contributed by atoms with Crippen molar-refractivity contribution in [3.05, 3.63) is 18.5 Å². The number of rotatable bonds is 6. The predicted molar refractivity (Wildman–Crippen MR) is 60.7 cm³/mol. The highest BCUT2D eigenvalue weighted by molar-refractivity contribution is 5.64. The largest absolute Gasteiger partial charge is 0.396 e. The number of nitrogens with two attached hydrogens (primary N) is 1. The third-order valence-corrected chi connectivity index (χ3v) is 2.46. The smallest absolute Gasteiger partial charge is 0.0736 e. The Morgan fingerprint density at radius 2 is 2.40 bits per heavy atom. The summed E-state index contributed by atoms with van der Waals surface area (Å²) in [7, 11) is 0. The Hall–Kier alpha value is -1.29. The maximum absolute atomic E-state index is 5.73. The van der Waals surface area contributed by atoms with E-state index in [9.17, 15) is 0 Å². The van der Waals surface area contributed by atoms with Crippen LogP contribution in [0.4, 0.5) is 11.4 Å². The van der Waals surface area contributed by atoms with Gasteiger partial charge in [0.1, 0.15) is 0 Å². The molecule has 0 atom stereocenters. The number of nitrogens with zero attached hydrogens (tertiary/aromatic N) is 1. The zero-order valence-electron chi connectivity index (χ0n) is 8.78. The van der Waals surface area contributed by atoms with Crippen molar-refractivity contribution in [2.24, 2.45) is 5.92 Å². The molecule has 4 nitrogen and oxygen atoms in total. The summed E-state index contributed by atoms with van der Waals surface area (Å²) in [5.41, 5.74) is 7.34. The first-order valence-corrected chi connectivity index (χ1v) is 5.37. The summed E-state index contributed by atoms with van der Waals surface area (Å²) in [6.07, 6.45) is 6.05. The van der Waals surface area contributed by atoms with Crippen LogP contribution in [0.3, 0.4) is 0 Å². The number of hydrogen-bond acceptors (Lipinski definition) is 4. The number of nitrogens with one attached hydrogen (secondary N) is 1. The van der Waals surface area contributed by atoms with Gasteiger partial charge < -0.3 is 15.8 Å². The molecule has 0 amide bonds. The highest BCUT2D eigenvalue weighted by Gasteiger charge is 2.20. The van der Waals surface area contributed by atoms with Crippen LogP contribution in [0, 0.1) is 5.92 Å². The number of nitrogen functional groups attached to an aromatic ring is 1. The normalized spacial score (nSPS) is 15.2. The lowest BCUT2D eigenvalue weighted by Gasteiger charge is -2.08. The van der Waals surface area contributed by atoms with E-state index in [0.717, 1.165) is 31.4 Å². The van der Waals surface area contributed by atoms with Crippen molar-refractivity contribution in [3.8, 4) is 0 Å². The fourth-order valence-corrected chi connectivity index (χ4v) is 1.36. The van der Waals surface area contributed by atoms with Crippen LogP contribution in [0.15, 0.2) is 18.5 Å². The summed E-state index contributed by atoms with van der Waals surface area (Å²) in [5, 5.41) is 3.22. The van der Waals surface area contributed by atoms with Gasteiger partial charge in [0, 0.05) is 19.3 Å². The van der Waals surface area contributed by atoms with E-state index in [4.69, 9.17) is 10.5 Å². The minimum atomic E-state index is 0.680. The topological polar surface area (TPSA) is 60.2 Å². The average Bonchev–Trinajstić information content (AvgIpc) is 3.04. The summed E-state index contributed by atoms with van der Waals surface area (Å²) in [4.78, 5) is 3.92. The quantitative estimate of drug-likeness (QED) is 0.694. The molecule has 15 heavy (non-hydrogen) atoms. The molecule has 1 heterocycles. The summed E-state index contributed by atoms with van der Waals surface area (Å²) in [5.74, 6) is 0.830. The third-order valence-electron chi connectivity index (χ3n) is 2.46. The second-order valence-electron chi connectivity index (χ2n) is 3.91. The monoisotopic (exact) mass is 207 g/mol. The summed E-state index contributed by atoms with van der Waals surface area (Å²) >= 11 is 0. The second kappa shape index (κ2) is 4.98. The van der Waals surface area contributed by atoms with Gasteiger partial charge in [-0.25, -0.2) is 0 Å². The van der Waals surface area contributed by atoms with E-state index >= 15 is 0 Å². The molecule has 4 heteroatoms. The van der Waals surface area contributed by atoms with Gasteiger partial charge in [-0.05, 0) is 24.8 Å². The van der Waals surface area contributed by atoms with E-state index in [1.807, 2.05) is 6.07 Å². The highest BCUT2D eigenvalue weighted by Crippen LogP contribution is 2.28. The van der Waals surface area contributed by atoms with Crippen LogP contribution in [0.1, 0.15) is 12.8 Å². The van der Waals surface area contributed by atoms with Crippen LogP contribution >= 0.6 is 0 Å². The Kier molecular flexibility index (Phi) is 3.40. The fourth-order valence-electron chi connectivity index (χ4n) is 1.36. The Balaban J connectivity index is 1.62. The van der Waals surface area contributed by atoms with Crippen LogP contribution in [0.2, 0.25) is 0 Å². The summed E-state index contributed by atoms with van der Waals surface area (Å²) in [6.45, 7) is 2.44. The molecule has 1 aromatic heterocycles. The lowest BCUT2D eigenvalue weighted by atomic mass is 10.3. The molecule has 82 valence electrons. The van der Waals surface area contributed by atoms with Gasteiger partial charge in [-0.1, -0.05) is 0 Å². The van der Waals surface area contributed by atoms with Crippen molar-refractivity contribution >= 4 is 11.4 Å². The predicted octanol–water partition coefficient (Wildman–Crippen LogP) is 1.50. The van der Waals surface area contributed by atoms with Crippen molar-refractivity contribution < 1.29 is 4.74 Å². The molecule has 2 rings (SSSR count). The van der Waals surface area contributed by atoms with Gasteiger partial charge in [0.15, 0.2) is 0 Å². The van der Waals surface area contributed by atoms with Gasteiger partial charge in [-0.3, -0.25) is 4.98 Å². The average molecular weight is 207 g/mol. The van der Waals surface area contributed by atoms with Crippen molar-refractivity contribution in [2.75, 3.05) is 30.8 Å². The van der Waals surface area contributed by atoms with Crippen LogP contribution in [-0.2, 0) is 4.74 Å². The molecular formula is C11H17N3O. The third kappa shape index (κ3) is 3.40. The Labute approximate surface area is 89.8 Å². The molecule has 3 N–H and O–H groups in total. The second-order valence-corrected chi connectivity index (χ2v) is 3.91. The molecule has 1 aromatic rings. The van der Waals surface area contributed by atoms with Gasteiger partial charge >= 0.3 is 0 Å². The van der Waals surface area contributed by atoms with E-state index in [-0.39, 0.29) is 0 Å². The molecular weight excluding hydrogens is 190 g/mol. The maximum Gasteiger partial charge on any atom is 0.0736 e. The highest BCUT2D eigenvalue weighted by atomic mass is 16.5. The zero-order chi connectivity index (χ0) is 10.5. The molecule has 0 radical (unpaired) electrons. The molecule has 1 aliphatic rings. The van der Waals surface area contributed by atoms with Gasteiger partial charge in [0.05, 0.1) is 24.2 Å². The summed E-state index contributed by atoms with van der Waals surface area (Å²) < 4.78 is 5.50. The van der Waals surface area contributed by atoms with Gasteiger partial charge in [-0.15, -0.1) is 0 Å². The van der Waals surface area contributed by atoms with Crippen LogP contribution in [0.5, 0.6) is 0 Å². The molecule has 1 fully saturated rings. The van der Waals surface area contributed by atoms with E-state index in [2.05, 4.69) is 10.3 Å². The van der Waals surface area contributed by atoms with E-state index in [0.29, 0.717) is 5.69 Å². The Morgan fingerprint density at radius 3 is 3.13 bits per heavy atom. The first-order valence-electron chi connectivity index (χ1n) is 5.37. The molecule has 0 saturated heterocycles. The minimum Gasteiger partial charge on any atom is -0.396 e. The van der Waals surface area contributed by atoms with Crippen molar-refractivity contribution in [1.82, 2.24) is 4.98 Å². The molecule has 0 aliphatic heterocycles. The van der Waals surface area contributed by atoms with Crippen molar-refractivity contribution in [1.29, 1.82) is 0 Å². The summed E-state index contributed by atoms with van der Waals surface area (Å²) in [6, 6.07) is 1.87. The number of pyridine rings is 1. The lowest BCUT2D eigenvalue weighted by Crippen LogP contribution is -2.11. The molecule has 1 aliphatic carbocycles. The SMILES string of the molecule is Nc1cnccc1NCCOCC1CC1. The van der Waals surface area contributed by atoms with Crippen LogP contribution in [-0.4, -0.2) is 24.7 Å². The van der Waals surface area contributed by atoms with E-state index < -0.39 is 0 Å². The van der Waals surface area contributed by atoms with E-state index in [1.54, 1.807) is 12.4 Å². The van der Waals surface area contributed by atoms with Crippen LogP contribution in [0.25, 0.3) is 0 Å². The minimum absolute atomic E-state index is 0.680. The van der Waals surface area contributed by atoms with Crippen LogP contribution < -0.4 is 11.1 Å². The fraction of sp³-hybridized carbons (Fsp3) is 0.545. The Bertz CT molecular complexity index is 312. The Morgan fingerprint density at radius 1 is 1.53 bits per heavy atom. The molecule has 1 saturated carbocycles.